The Morgan fingerprint density at radius 3 is 2.45 bits per heavy atom. The molecule has 0 amide bonds. The number of rotatable bonds is 7. The van der Waals surface area contributed by atoms with Gasteiger partial charge in [0.1, 0.15) is 4.84 Å². The molecular weight excluding hydrogens is 199 g/mol. The standard InChI is InChI=1S/C8H16Cl2S/c1-2-3-4-6-11-7-5-8(9)10/h8H,2-7H2,1H3. The molecule has 0 nitrogen and oxygen atoms in total. The molecule has 0 atom stereocenters. The van der Waals surface area contributed by atoms with E-state index in [0.29, 0.717) is 0 Å². The van der Waals surface area contributed by atoms with E-state index in [1.54, 1.807) is 0 Å². The van der Waals surface area contributed by atoms with E-state index < -0.39 is 0 Å². The average molecular weight is 215 g/mol. The minimum atomic E-state index is -0.173. The summed E-state index contributed by atoms with van der Waals surface area (Å²) >= 11 is 13.1. The molecule has 0 aliphatic heterocycles. The first-order valence-electron chi connectivity index (χ1n) is 4.13. The smallest absolute Gasteiger partial charge is 0.108 e. The minimum absolute atomic E-state index is 0.173. The molecule has 0 radical (unpaired) electrons. The van der Waals surface area contributed by atoms with Gasteiger partial charge in [-0.2, -0.15) is 11.8 Å². The molecule has 0 aromatic rings. The van der Waals surface area contributed by atoms with Crippen molar-refractivity contribution in [2.45, 2.75) is 37.4 Å². The van der Waals surface area contributed by atoms with Gasteiger partial charge in [-0.3, -0.25) is 0 Å². The molecule has 3 heteroatoms. The Morgan fingerprint density at radius 2 is 1.91 bits per heavy atom. The largest absolute Gasteiger partial charge is 0.162 e. The van der Waals surface area contributed by atoms with Crippen molar-refractivity contribution in [3.8, 4) is 0 Å². The van der Waals surface area contributed by atoms with Gasteiger partial charge in [0.05, 0.1) is 0 Å². The van der Waals surface area contributed by atoms with Crippen molar-refractivity contribution in [1.82, 2.24) is 0 Å². The molecule has 0 aliphatic rings. The molecule has 0 bridgehead atoms. The summed E-state index contributed by atoms with van der Waals surface area (Å²) in [7, 11) is 0. The number of hydrogen-bond acceptors (Lipinski definition) is 1. The lowest BCUT2D eigenvalue weighted by molar-refractivity contribution is 0.778. The lowest BCUT2D eigenvalue weighted by Gasteiger charge is -2.00. The fourth-order valence-corrected chi connectivity index (χ4v) is 2.22. The molecule has 0 rings (SSSR count). The van der Waals surface area contributed by atoms with Crippen LogP contribution in [0.15, 0.2) is 0 Å². The maximum Gasteiger partial charge on any atom is 0.108 e. The van der Waals surface area contributed by atoms with Crippen LogP contribution < -0.4 is 0 Å². The third kappa shape index (κ3) is 10.9. The summed E-state index contributed by atoms with van der Waals surface area (Å²) in [6, 6.07) is 0. The van der Waals surface area contributed by atoms with Gasteiger partial charge in [0.15, 0.2) is 0 Å². The van der Waals surface area contributed by atoms with Gasteiger partial charge >= 0.3 is 0 Å². The van der Waals surface area contributed by atoms with Crippen LogP contribution in [0.4, 0.5) is 0 Å². The van der Waals surface area contributed by atoms with Crippen LogP contribution in [-0.2, 0) is 0 Å². The first-order valence-corrected chi connectivity index (χ1v) is 6.16. The highest BCUT2D eigenvalue weighted by Crippen LogP contribution is 2.13. The van der Waals surface area contributed by atoms with Crippen molar-refractivity contribution in [1.29, 1.82) is 0 Å². The van der Waals surface area contributed by atoms with Gasteiger partial charge < -0.3 is 0 Å². The fourth-order valence-electron chi connectivity index (χ4n) is 0.729. The molecule has 11 heavy (non-hydrogen) atoms. The number of halogens is 2. The summed E-state index contributed by atoms with van der Waals surface area (Å²) in [6.07, 6.45) is 4.89. The highest BCUT2D eigenvalue weighted by molar-refractivity contribution is 7.99. The van der Waals surface area contributed by atoms with E-state index in [4.69, 9.17) is 23.2 Å². The first-order chi connectivity index (χ1) is 5.27. The molecular formula is C8H16Cl2S. The predicted octanol–water partition coefficient (Wildman–Crippen LogP) is 4.10. The van der Waals surface area contributed by atoms with Gasteiger partial charge in [-0.05, 0) is 24.3 Å². The molecule has 0 unspecified atom stereocenters. The minimum Gasteiger partial charge on any atom is -0.162 e. The molecule has 0 N–H and O–H groups in total. The highest BCUT2D eigenvalue weighted by atomic mass is 35.5. The van der Waals surface area contributed by atoms with Crippen molar-refractivity contribution in [2.75, 3.05) is 11.5 Å². The van der Waals surface area contributed by atoms with E-state index in [9.17, 15) is 0 Å². The Bertz CT molecular complexity index is 76.5. The van der Waals surface area contributed by atoms with Crippen LogP contribution in [0.2, 0.25) is 0 Å². The van der Waals surface area contributed by atoms with Crippen LogP contribution in [0.5, 0.6) is 0 Å². The van der Waals surface area contributed by atoms with E-state index in [0.717, 1.165) is 12.2 Å². The lowest BCUT2D eigenvalue weighted by atomic mass is 10.3. The van der Waals surface area contributed by atoms with E-state index >= 15 is 0 Å². The van der Waals surface area contributed by atoms with Crippen molar-refractivity contribution in [3.63, 3.8) is 0 Å². The lowest BCUT2D eigenvalue weighted by Crippen LogP contribution is -1.90. The number of unbranched alkanes of at least 4 members (excludes halogenated alkanes) is 2. The van der Waals surface area contributed by atoms with Crippen LogP contribution in [0.1, 0.15) is 32.6 Å². The maximum atomic E-state index is 5.57. The summed E-state index contributed by atoms with van der Waals surface area (Å²) in [5.74, 6) is 2.36. The van der Waals surface area contributed by atoms with E-state index in [1.165, 1.54) is 25.0 Å². The third-order valence-corrected chi connectivity index (χ3v) is 2.91. The average Bonchev–Trinajstić information content (AvgIpc) is 1.96. The van der Waals surface area contributed by atoms with E-state index in [1.807, 2.05) is 11.8 Å². The predicted molar refractivity (Wildman–Crippen MR) is 57.0 cm³/mol. The normalized spacial score (nSPS) is 10.9. The van der Waals surface area contributed by atoms with Crippen LogP contribution in [0.25, 0.3) is 0 Å². The Hall–Kier alpha value is 0.930. The van der Waals surface area contributed by atoms with Gasteiger partial charge in [0.25, 0.3) is 0 Å². The van der Waals surface area contributed by atoms with Crippen LogP contribution in [-0.4, -0.2) is 16.3 Å². The molecule has 0 saturated heterocycles. The first kappa shape index (κ1) is 11.9. The zero-order valence-corrected chi connectivity index (χ0v) is 9.31. The Kier molecular flexibility index (Phi) is 9.78. The van der Waals surface area contributed by atoms with Gasteiger partial charge in [-0.15, -0.1) is 23.2 Å². The maximum absolute atomic E-state index is 5.57. The van der Waals surface area contributed by atoms with E-state index in [-0.39, 0.29) is 4.84 Å². The Labute approximate surface area is 84.0 Å². The Morgan fingerprint density at radius 1 is 1.18 bits per heavy atom. The summed E-state index contributed by atoms with van der Waals surface area (Å²) < 4.78 is 0. The van der Waals surface area contributed by atoms with Gasteiger partial charge in [0, 0.05) is 0 Å². The summed E-state index contributed by atoms with van der Waals surface area (Å²) in [4.78, 5) is -0.173. The van der Waals surface area contributed by atoms with Gasteiger partial charge in [-0.25, -0.2) is 0 Å². The summed E-state index contributed by atoms with van der Waals surface area (Å²) in [5, 5.41) is 0. The number of thioether (sulfide) groups is 1. The van der Waals surface area contributed by atoms with Crippen molar-refractivity contribution < 1.29 is 0 Å². The van der Waals surface area contributed by atoms with Crippen molar-refractivity contribution in [2.24, 2.45) is 0 Å². The van der Waals surface area contributed by atoms with Crippen LogP contribution in [0, 0.1) is 0 Å². The highest BCUT2D eigenvalue weighted by Gasteiger charge is 1.97. The zero-order chi connectivity index (χ0) is 8.53. The van der Waals surface area contributed by atoms with Crippen LogP contribution in [0.3, 0.4) is 0 Å². The molecule has 0 aromatic heterocycles. The SMILES string of the molecule is CCCCCSCCC(Cl)Cl. The van der Waals surface area contributed by atoms with Crippen molar-refractivity contribution in [3.05, 3.63) is 0 Å². The monoisotopic (exact) mass is 214 g/mol. The molecule has 0 heterocycles. The van der Waals surface area contributed by atoms with Gasteiger partial charge in [0.2, 0.25) is 0 Å². The molecule has 0 spiro atoms. The molecule has 0 saturated carbocycles. The quantitative estimate of drug-likeness (QED) is 0.455. The molecule has 0 aliphatic carbocycles. The van der Waals surface area contributed by atoms with E-state index in [2.05, 4.69) is 6.92 Å². The third-order valence-electron chi connectivity index (χ3n) is 1.37. The summed E-state index contributed by atoms with van der Waals surface area (Å²) in [5.41, 5.74) is 0. The van der Waals surface area contributed by atoms with Crippen LogP contribution >= 0.6 is 35.0 Å². The molecule has 0 aromatic carbocycles. The number of alkyl halides is 2. The molecule has 0 fully saturated rings. The number of hydrogen-bond donors (Lipinski definition) is 0. The zero-order valence-electron chi connectivity index (χ0n) is 6.98. The summed E-state index contributed by atoms with van der Waals surface area (Å²) in [6.45, 7) is 2.22. The second-order valence-electron chi connectivity index (χ2n) is 2.50. The van der Waals surface area contributed by atoms with Gasteiger partial charge in [-0.1, -0.05) is 19.8 Å². The fraction of sp³-hybridized carbons (Fsp3) is 1.00. The van der Waals surface area contributed by atoms with Crippen molar-refractivity contribution >= 4 is 35.0 Å². The second-order valence-corrected chi connectivity index (χ2v) is 5.00. The topological polar surface area (TPSA) is 0 Å². The Balaban J connectivity index is 2.80. The second kappa shape index (κ2) is 9.02. The molecule has 68 valence electrons.